The fourth-order valence-electron chi connectivity index (χ4n) is 3.82. The van der Waals surface area contributed by atoms with Gasteiger partial charge in [-0.1, -0.05) is 30.3 Å². The van der Waals surface area contributed by atoms with Crippen LogP contribution in [0.1, 0.15) is 35.6 Å². The standard InChI is InChI=1S/C20H16N4O6/c25-20-19(15-4-1-2-5-17(15)24(28)29)16(12-18(30-20)22-11-3-10-21-22)13-6-8-14(9-7-13)23(26)27/h1-11,16,18-19H,12H2/t16-,18+,19-/m0/s1. The van der Waals surface area contributed by atoms with Crippen molar-refractivity contribution >= 4 is 17.3 Å². The van der Waals surface area contributed by atoms with Gasteiger partial charge in [-0.2, -0.15) is 5.10 Å². The smallest absolute Gasteiger partial charge is 0.316 e. The van der Waals surface area contributed by atoms with Gasteiger partial charge in [0.15, 0.2) is 6.23 Å². The van der Waals surface area contributed by atoms with Crippen LogP contribution in [0.25, 0.3) is 0 Å². The van der Waals surface area contributed by atoms with Crippen molar-refractivity contribution in [2.45, 2.75) is 24.5 Å². The molecule has 0 N–H and O–H groups in total. The molecule has 0 unspecified atom stereocenters. The van der Waals surface area contributed by atoms with Crippen LogP contribution in [0.2, 0.25) is 0 Å². The molecule has 1 aliphatic heterocycles. The number of carbonyl (C=O) groups is 1. The Kier molecular flexibility index (Phi) is 4.97. The lowest BCUT2D eigenvalue weighted by molar-refractivity contribution is -0.385. The lowest BCUT2D eigenvalue weighted by Crippen LogP contribution is -2.34. The van der Waals surface area contributed by atoms with E-state index in [2.05, 4.69) is 5.10 Å². The molecule has 0 aliphatic carbocycles. The summed E-state index contributed by atoms with van der Waals surface area (Å²) in [5, 5.41) is 26.7. The molecule has 30 heavy (non-hydrogen) atoms. The van der Waals surface area contributed by atoms with E-state index in [1.165, 1.54) is 35.0 Å². The number of hydrogen-bond donors (Lipinski definition) is 0. The number of para-hydroxylation sites is 1. The molecule has 0 spiro atoms. The van der Waals surface area contributed by atoms with Crippen LogP contribution < -0.4 is 0 Å². The van der Waals surface area contributed by atoms with Gasteiger partial charge < -0.3 is 4.74 Å². The van der Waals surface area contributed by atoms with Crippen molar-refractivity contribution in [2.24, 2.45) is 0 Å². The molecule has 0 saturated carbocycles. The summed E-state index contributed by atoms with van der Waals surface area (Å²) in [7, 11) is 0. The van der Waals surface area contributed by atoms with E-state index in [1.54, 1.807) is 36.7 Å². The molecule has 1 saturated heterocycles. The Morgan fingerprint density at radius 1 is 1.00 bits per heavy atom. The quantitative estimate of drug-likeness (QED) is 0.357. The van der Waals surface area contributed by atoms with Crippen molar-refractivity contribution in [1.82, 2.24) is 9.78 Å². The van der Waals surface area contributed by atoms with Crippen molar-refractivity contribution in [3.8, 4) is 0 Å². The van der Waals surface area contributed by atoms with Crippen LogP contribution in [0.15, 0.2) is 67.0 Å². The minimum absolute atomic E-state index is 0.0806. The van der Waals surface area contributed by atoms with E-state index in [9.17, 15) is 25.0 Å². The fraction of sp³-hybridized carbons (Fsp3) is 0.200. The molecule has 10 nitrogen and oxygen atoms in total. The van der Waals surface area contributed by atoms with Gasteiger partial charge in [0, 0.05) is 48.5 Å². The van der Waals surface area contributed by atoms with E-state index in [4.69, 9.17) is 4.74 Å². The number of nitro groups is 2. The molecule has 2 aromatic carbocycles. The fourth-order valence-corrected chi connectivity index (χ4v) is 3.82. The average molecular weight is 408 g/mol. The highest BCUT2D eigenvalue weighted by molar-refractivity contribution is 5.82. The number of aromatic nitrogens is 2. The van der Waals surface area contributed by atoms with Crippen LogP contribution in [0.4, 0.5) is 11.4 Å². The zero-order chi connectivity index (χ0) is 21.3. The van der Waals surface area contributed by atoms with Gasteiger partial charge in [0.05, 0.1) is 15.8 Å². The number of rotatable bonds is 5. The molecular formula is C20H16N4O6. The maximum atomic E-state index is 13.0. The Hall–Kier alpha value is -4.08. The first-order valence-corrected chi connectivity index (χ1v) is 9.13. The monoisotopic (exact) mass is 408 g/mol. The summed E-state index contributed by atoms with van der Waals surface area (Å²) in [6.07, 6.45) is 2.84. The van der Waals surface area contributed by atoms with Crippen LogP contribution in [0, 0.1) is 20.2 Å². The number of cyclic esters (lactones) is 1. The van der Waals surface area contributed by atoms with Crippen molar-refractivity contribution in [3.05, 3.63) is 98.3 Å². The molecular weight excluding hydrogens is 392 g/mol. The molecule has 0 radical (unpaired) electrons. The Bertz CT molecular complexity index is 1100. The number of esters is 1. The minimum atomic E-state index is -0.931. The van der Waals surface area contributed by atoms with Crippen LogP contribution in [-0.2, 0) is 9.53 Å². The lowest BCUT2D eigenvalue weighted by Gasteiger charge is -2.35. The third-order valence-electron chi connectivity index (χ3n) is 5.18. The SMILES string of the molecule is O=C1O[C@@H](n2cccn2)C[C@@H](c2ccc([N+](=O)[O-])cc2)[C@@H]1c1ccccc1[N+](=O)[O-]. The molecule has 1 aromatic heterocycles. The second-order valence-electron chi connectivity index (χ2n) is 6.86. The predicted octanol–water partition coefficient (Wildman–Crippen LogP) is 3.71. The van der Waals surface area contributed by atoms with Crippen LogP contribution >= 0.6 is 0 Å². The Morgan fingerprint density at radius 3 is 2.37 bits per heavy atom. The summed E-state index contributed by atoms with van der Waals surface area (Å²) in [4.78, 5) is 34.5. The molecule has 3 atom stereocenters. The molecule has 1 aliphatic rings. The molecule has 0 bridgehead atoms. The lowest BCUT2D eigenvalue weighted by atomic mass is 9.77. The van der Waals surface area contributed by atoms with Gasteiger partial charge in [-0.05, 0) is 11.6 Å². The van der Waals surface area contributed by atoms with Gasteiger partial charge in [-0.25, -0.2) is 4.68 Å². The summed E-state index contributed by atoms with van der Waals surface area (Å²) < 4.78 is 7.08. The maximum absolute atomic E-state index is 13.0. The molecule has 10 heteroatoms. The van der Waals surface area contributed by atoms with Gasteiger partial charge in [0.2, 0.25) is 0 Å². The van der Waals surface area contributed by atoms with Gasteiger partial charge in [-0.15, -0.1) is 0 Å². The van der Waals surface area contributed by atoms with Crippen molar-refractivity contribution in [3.63, 3.8) is 0 Å². The molecule has 1 fully saturated rings. The van der Waals surface area contributed by atoms with Crippen LogP contribution in [0.3, 0.4) is 0 Å². The minimum Gasteiger partial charge on any atom is -0.439 e. The molecule has 3 aromatic rings. The first kappa shape index (κ1) is 19.2. The van der Waals surface area contributed by atoms with E-state index in [-0.39, 0.29) is 16.9 Å². The topological polar surface area (TPSA) is 130 Å². The van der Waals surface area contributed by atoms with Crippen molar-refractivity contribution in [1.29, 1.82) is 0 Å². The number of non-ortho nitro benzene ring substituents is 1. The van der Waals surface area contributed by atoms with Gasteiger partial charge in [0.1, 0.15) is 0 Å². The number of nitrogens with zero attached hydrogens (tertiary/aromatic N) is 4. The van der Waals surface area contributed by atoms with Gasteiger partial charge >= 0.3 is 5.97 Å². The third-order valence-corrected chi connectivity index (χ3v) is 5.18. The number of hydrogen-bond acceptors (Lipinski definition) is 7. The number of ether oxygens (including phenoxy) is 1. The normalized spacial score (nSPS) is 21.1. The molecule has 4 rings (SSSR count). The summed E-state index contributed by atoms with van der Waals surface area (Å²) in [6.45, 7) is 0. The highest BCUT2D eigenvalue weighted by Gasteiger charge is 2.43. The Balaban J connectivity index is 1.80. The zero-order valence-corrected chi connectivity index (χ0v) is 15.5. The third kappa shape index (κ3) is 3.50. The molecule has 0 amide bonds. The maximum Gasteiger partial charge on any atom is 0.316 e. The Morgan fingerprint density at radius 2 is 1.73 bits per heavy atom. The van der Waals surface area contributed by atoms with Gasteiger partial charge in [0.25, 0.3) is 11.4 Å². The highest BCUT2D eigenvalue weighted by Crippen LogP contribution is 2.46. The zero-order valence-electron chi connectivity index (χ0n) is 15.5. The number of nitro benzene ring substituents is 2. The predicted molar refractivity (Wildman–Crippen MR) is 104 cm³/mol. The largest absolute Gasteiger partial charge is 0.439 e. The summed E-state index contributed by atoms with van der Waals surface area (Å²) >= 11 is 0. The van der Waals surface area contributed by atoms with Crippen molar-refractivity contribution in [2.75, 3.05) is 0 Å². The first-order chi connectivity index (χ1) is 14.5. The van der Waals surface area contributed by atoms with Crippen LogP contribution in [-0.4, -0.2) is 25.6 Å². The second-order valence-corrected chi connectivity index (χ2v) is 6.86. The number of benzene rings is 2. The van der Waals surface area contributed by atoms with E-state index in [0.717, 1.165) is 0 Å². The number of carbonyl (C=O) groups excluding carboxylic acids is 1. The van der Waals surface area contributed by atoms with Crippen molar-refractivity contribution < 1.29 is 19.4 Å². The summed E-state index contributed by atoms with van der Waals surface area (Å²) in [5.74, 6) is -2.04. The highest BCUT2D eigenvalue weighted by atomic mass is 16.6. The van der Waals surface area contributed by atoms with E-state index in [0.29, 0.717) is 12.0 Å². The Labute approximate surface area is 170 Å². The molecule has 152 valence electrons. The second kappa shape index (κ2) is 7.74. The first-order valence-electron chi connectivity index (χ1n) is 9.13. The van der Waals surface area contributed by atoms with Gasteiger partial charge in [-0.3, -0.25) is 25.0 Å². The summed E-state index contributed by atoms with van der Waals surface area (Å²) in [5.41, 5.74) is 0.638. The molecule has 2 heterocycles. The van der Waals surface area contributed by atoms with Crippen LogP contribution in [0.5, 0.6) is 0 Å². The van der Waals surface area contributed by atoms with E-state index < -0.39 is 33.9 Å². The van der Waals surface area contributed by atoms with E-state index in [1.807, 2.05) is 0 Å². The van der Waals surface area contributed by atoms with E-state index >= 15 is 0 Å². The average Bonchev–Trinajstić information content (AvgIpc) is 3.28. The summed E-state index contributed by atoms with van der Waals surface area (Å²) in [6, 6.07) is 13.6.